The van der Waals surface area contributed by atoms with Crippen LogP contribution in [0.5, 0.6) is 5.75 Å². The molecule has 0 aliphatic carbocycles. The molecule has 1 aliphatic heterocycles. The zero-order chi connectivity index (χ0) is 26.4. The molecule has 1 aromatic heterocycles. The van der Waals surface area contributed by atoms with Crippen LogP contribution in [0.4, 0.5) is 33.5 Å². The quantitative estimate of drug-likeness (QED) is 0.199. The number of alkyl halides is 3. The Morgan fingerprint density at radius 3 is 2.53 bits per heavy atom. The molecule has 6 nitrogen and oxygen atoms in total. The van der Waals surface area contributed by atoms with Crippen molar-refractivity contribution in [2.75, 3.05) is 18.1 Å². The number of benzene rings is 2. The molecule has 11 heteroatoms. The molecule has 0 saturated heterocycles. The van der Waals surface area contributed by atoms with Gasteiger partial charge in [0.1, 0.15) is 17.1 Å². The number of nitrogens with zero attached hydrogens (tertiary/aromatic N) is 3. The summed E-state index contributed by atoms with van der Waals surface area (Å²) in [6.45, 7) is 3.77. The van der Waals surface area contributed by atoms with Crippen molar-refractivity contribution in [2.24, 2.45) is 5.41 Å². The first kappa shape index (κ1) is 25.2. The Labute approximate surface area is 203 Å². The van der Waals surface area contributed by atoms with Gasteiger partial charge in [0.2, 0.25) is 5.62 Å². The Bertz CT molecular complexity index is 1500. The Kier molecular flexibility index (Phi) is 6.24. The molecule has 0 atom stereocenters. The highest BCUT2D eigenvalue weighted by Gasteiger charge is 2.46. The van der Waals surface area contributed by atoms with Crippen LogP contribution in [-0.4, -0.2) is 34.7 Å². The molecule has 3 aromatic rings. The van der Waals surface area contributed by atoms with Crippen LogP contribution >= 0.6 is 0 Å². The van der Waals surface area contributed by atoms with Crippen LogP contribution in [0.15, 0.2) is 30.3 Å². The van der Waals surface area contributed by atoms with E-state index >= 15 is 4.39 Å². The number of rotatable bonds is 1. The predicted molar refractivity (Wildman–Crippen MR) is 125 cm³/mol. The molecule has 188 valence electrons. The van der Waals surface area contributed by atoms with Gasteiger partial charge >= 0.3 is 6.18 Å². The van der Waals surface area contributed by atoms with Crippen LogP contribution in [0.25, 0.3) is 10.9 Å². The van der Waals surface area contributed by atoms with Gasteiger partial charge in [-0.05, 0) is 51.5 Å². The standard InChI is InChI=1S/C25H22F5N5O/c1-14(31)35-17-9-8-16(26)20(27)19(17)22(33-23(35)32)34-12-5-13-36-21-15(6-4-7-18(21)34)10-11-24(2,3)25(28,29)30/h4,6-9,31-32H,5,12-13H2,1-3H3. The fraction of sp³-hybridized carbons (Fsp3) is 0.320. The summed E-state index contributed by atoms with van der Waals surface area (Å²) in [7, 11) is 0. The summed E-state index contributed by atoms with van der Waals surface area (Å²) in [4.78, 5) is 5.74. The highest BCUT2D eigenvalue weighted by atomic mass is 19.4. The van der Waals surface area contributed by atoms with Gasteiger partial charge in [0.15, 0.2) is 17.4 Å². The summed E-state index contributed by atoms with van der Waals surface area (Å²) in [5, 5.41) is 16.1. The van der Waals surface area contributed by atoms with Gasteiger partial charge in [-0.1, -0.05) is 17.9 Å². The lowest BCUT2D eigenvalue weighted by molar-refractivity contribution is -0.190. The number of para-hydroxylation sites is 1. The maximum absolute atomic E-state index is 15.2. The largest absolute Gasteiger partial charge is 0.490 e. The molecular formula is C25H22F5N5O. The van der Waals surface area contributed by atoms with Gasteiger partial charge in [-0.2, -0.15) is 18.2 Å². The second-order valence-corrected chi connectivity index (χ2v) is 8.82. The number of fused-ring (bicyclic) bond motifs is 2. The molecule has 4 rings (SSSR count). The molecule has 0 bridgehead atoms. The van der Waals surface area contributed by atoms with Gasteiger partial charge in [0, 0.05) is 6.54 Å². The van der Waals surface area contributed by atoms with Crippen molar-refractivity contribution in [3.8, 4) is 17.6 Å². The molecule has 1 aliphatic rings. The van der Waals surface area contributed by atoms with Crippen molar-refractivity contribution in [2.45, 2.75) is 33.4 Å². The van der Waals surface area contributed by atoms with E-state index in [0.717, 1.165) is 24.5 Å². The summed E-state index contributed by atoms with van der Waals surface area (Å²) in [6, 6.07) is 6.87. The number of anilines is 2. The third-order valence-corrected chi connectivity index (χ3v) is 5.83. The minimum absolute atomic E-state index is 0.0722. The molecule has 0 saturated carbocycles. The average Bonchev–Trinajstić information content (AvgIpc) is 3.01. The predicted octanol–water partition coefficient (Wildman–Crippen LogP) is 5.50. The number of hydrogen-bond donors (Lipinski definition) is 2. The van der Waals surface area contributed by atoms with Crippen LogP contribution in [0.3, 0.4) is 0 Å². The van der Waals surface area contributed by atoms with Gasteiger partial charge in [0.25, 0.3) is 0 Å². The average molecular weight is 503 g/mol. The monoisotopic (exact) mass is 503 g/mol. The van der Waals surface area contributed by atoms with Gasteiger partial charge < -0.3 is 9.64 Å². The normalized spacial score (nSPS) is 13.9. The molecule has 0 radical (unpaired) electrons. The van der Waals surface area contributed by atoms with E-state index in [4.69, 9.17) is 15.6 Å². The maximum atomic E-state index is 15.2. The minimum Gasteiger partial charge on any atom is -0.490 e. The van der Waals surface area contributed by atoms with E-state index in [9.17, 15) is 17.6 Å². The lowest BCUT2D eigenvalue weighted by atomic mass is 9.93. The molecule has 0 fully saturated rings. The van der Waals surface area contributed by atoms with Crippen molar-refractivity contribution in [3.05, 3.63) is 53.1 Å². The summed E-state index contributed by atoms with van der Waals surface area (Å²) in [6.07, 6.45) is -4.12. The Morgan fingerprint density at radius 1 is 1.14 bits per heavy atom. The van der Waals surface area contributed by atoms with E-state index in [2.05, 4.69) is 16.8 Å². The summed E-state index contributed by atoms with van der Waals surface area (Å²) in [5.41, 5.74) is -2.03. The second-order valence-electron chi connectivity index (χ2n) is 8.82. The van der Waals surface area contributed by atoms with Crippen LogP contribution in [0, 0.1) is 39.7 Å². The Morgan fingerprint density at radius 2 is 1.86 bits per heavy atom. The third kappa shape index (κ3) is 4.27. The highest BCUT2D eigenvalue weighted by Crippen LogP contribution is 2.41. The van der Waals surface area contributed by atoms with Crippen LogP contribution in [0.1, 0.15) is 32.8 Å². The van der Waals surface area contributed by atoms with E-state index in [1.54, 1.807) is 12.1 Å². The van der Waals surface area contributed by atoms with E-state index in [1.807, 2.05) is 0 Å². The molecule has 2 heterocycles. The number of aromatic nitrogens is 2. The zero-order valence-electron chi connectivity index (χ0n) is 19.6. The first-order valence-electron chi connectivity index (χ1n) is 11.0. The first-order valence-corrected chi connectivity index (χ1v) is 11.0. The van der Waals surface area contributed by atoms with E-state index in [0.29, 0.717) is 12.1 Å². The number of hydrogen-bond acceptors (Lipinski definition) is 5. The minimum atomic E-state index is -4.54. The van der Waals surface area contributed by atoms with Crippen molar-refractivity contribution < 1.29 is 26.7 Å². The zero-order valence-corrected chi connectivity index (χ0v) is 19.6. The van der Waals surface area contributed by atoms with Crippen molar-refractivity contribution >= 4 is 28.2 Å². The van der Waals surface area contributed by atoms with Crippen molar-refractivity contribution in [1.82, 2.24) is 9.55 Å². The molecule has 36 heavy (non-hydrogen) atoms. The Balaban J connectivity index is 1.97. The summed E-state index contributed by atoms with van der Waals surface area (Å²) in [5.74, 6) is 2.50. The molecule has 0 amide bonds. The maximum Gasteiger partial charge on any atom is 0.404 e. The molecule has 0 spiro atoms. The fourth-order valence-electron chi connectivity index (χ4n) is 3.81. The van der Waals surface area contributed by atoms with Crippen LogP contribution in [0.2, 0.25) is 0 Å². The Hall–Kier alpha value is -3.94. The molecule has 2 aromatic carbocycles. The summed E-state index contributed by atoms with van der Waals surface area (Å²) >= 11 is 0. The van der Waals surface area contributed by atoms with Gasteiger partial charge in [-0.25, -0.2) is 8.78 Å². The second kappa shape index (κ2) is 8.93. The van der Waals surface area contributed by atoms with Crippen LogP contribution < -0.4 is 15.3 Å². The number of ether oxygens (including phenoxy) is 1. The van der Waals surface area contributed by atoms with Gasteiger partial charge in [-0.15, -0.1) is 0 Å². The van der Waals surface area contributed by atoms with E-state index in [-0.39, 0.29) is 52.6 Å². The topological polar surface area (TPSA) is 78.0 Å². The highest BCUT2D eigenvalue weighted by molar-refractivity contribution is 5.98. The third-order valence-electron chi connectivity index (χ3n) is 5.83. The lowest BCUT2D eigenvalue weighted by Crippen LogP contribution is -2.31. The van der Waals surface area contributed by atoms with Gasteiger partial charge in [0.05, 0.1) is 28.8 Å². The SMILES string of the molecule is CC(=N)n1c(=N)nc(N2CCCOc3c(C#CC(C)(C)C(F)(F)F)cccc32)c2c(F)c(F)ccc21. The van der Waals surface area contributed by atoms with E-state index in [1.165, 1.54) is 24.0 Å². The summed E-state index contributed by atoms with van der Waals surface area (Å²) < 4.78 is 76.3. The molecule has 0 unspecified atom stereocenters. The molecule has 2 N–H and O–H groups in total. The number of nitrogens with one attached hydrogen (secondary N) is 2. The first-order chi connectivity index (χ1) is 16.8. The molecular weight excluding hydrogens is 481 g/mol. The lowest BCUT2D eigenvalue weighted by Gasteiger charge is -2.26. The fourth-order valence-corrected chi connectivity index (χ4v) is 3.81. The van der Waals surface area contributed by atoms with E-state index < -0.39 is 23.2 Å². The van der Waals surface area contributed by atoms with Crippen LogP contribution in [-0.2, 0) is 0 Å². The van der Waals surface area contributed by atoms with Gasteiger partial charge in [-0.3, -0.25) is 15.4 Å². The number of halogens is 5. The van der Waals surface area contributed by atoms with Crippen molar-refractivity contribution in [3.63, 3.8) is 0 Å². The van der Waals surface area contributed by atoms with Crippen molar-refractivity contribution in [1.29, 1.82) is 10.8 Å². The smallest absolute Gasteiger partial charge is 0.404 e.